The maximum absolute atomic E-state index is 12.3. The van der Waals surface area contributed by atoms with Gasteiger partial charge in [0.2, 0.25) is 0 Å². The lowest BCUT2D eigenvalue weighted by Gasteiger charge is -2.08. The van der Waals surface area contributed by atoms with Crippen LogP contribution in [0.15, 0.2) is 4.90 Å². The average Bonchev–Trinajstić information content (AvgIpc) is 3.14. The minimum Gasteiger partial charge on any atom is -0.382 e. The van der Waals surface area contributed by atoms with Crippen molar-refractivity contribution in [3.8, 4) is 0 Å². The molecule has 5 nitrogen and oxygen atoms in total. The first kappa shape index (κ1) is 15.6. The molecule has 3 N–H and O–H groups in total. The van der Waals surface area contributed by atoms with Crippen LogP contribution in [0.3, 0.4) is 0 Å². The molecule has 0 atom stereocenters. The molecule has 1 aromatic heterocycles. The summed E-state index contributed by atoms with van der Waals surface area (Å²) in [6, 6.07) is 0. The van der Waals surface area contributed by atoms with Crippen molar-refractivity contribution >= 4 is 32.2 Å². The van der Waals surface area contributed by atoms with Gasteiger partial charge in [-0.2, -0.15) is 4.37 Å². The second kappa shape index (κ2) is 6.30. The fraction of sp³-hybridized carbons (Fsp3) is 0.769. The molecular formula is C13H23N3O2S2. The van der Waals surface area contributed by atoms with Crippen molar-refractivity contribution in [2.45, 2.75) is 56.1 Å². The van der Waals surface area contributed by atoms with Crippen molar-refractivity contribution in [2.75, 3.05) is 17.6 Å². The number of unbranched alkanes of at least 4 members (excludes halogenated alkanes) is 1. The maximum atomic E-state index is 12.3. The molecule has 0 saturated heterocycles. The first-order chi connectivity index (χ1) is 9.43. The number of nitrogens with one attached hydrogen (secondary N) is 1. The van der Waals surface area contributed by atoms with Crippen LogP contribution in [0.4, 0.5) is 10.8 Å². The van der Waals surface area contributed by atoms with Crippen LogP contribution in [0.1, 0.15) is 46.0 Å². The van der Waals surface area contributed by atoms with Crippen molar-refractivity contribution in [2.24, 2.45) is 5.92 Å². The van der Waals surface area contributed by atoms with E-state index in [9.17, 15) is 8.42 Å². The van der Waals surface area contributed by atoms with Crippen LogP contribution in [0, 0.1) is 5.92 Å². The molecule has 0 aromatic carbocycles. The van der Waals surface area contributed by atoms with Crippen LogP contribution >= 0.6 is 11.5 Å². The number of nitrogens with zero attached hydrogens (tertiary/aromatic N) is 1. The Morgan fingerprint density at radius 1 is 1.40 bits per heavy atom. The molecule has 20 heavy (non-hydrogen) atoms. The number of aromatic nitrogens is 1. The fourth-order valence-corrected chi connectivity index (χ4v) is 5.02. The number of sulfone groups is 1. The monoisotopic (exact) mass is 317 g/mol. The van der Waals surface area contributed by atoms with Gasteiger partial charge in [-0.3, -0.25) is 0 Å². The van der Waals surface area contributed by atoms with Gasteiger partial charge in [0, 0.05) is 6.54 Å². The van der Waals surface area contributed by atoms with Crippen LogP contribution in [0.5, 0.6) is 0 Å². The molecule has 0 spiro atoms. The molecule has 0 aliphatic heterocycles. The molecule has 0 unspecified atom stereocenters. The lowest BCUT2D eigenvalue weighted by atomic mass is 10.1. The standard InChI is InChI=1S/C13H23N3O2S2/c1-9(2)5-3-4-8-15-13-11(12(14)16-19-13)20(17,18)10-6-7-10/h9-10,15H,3-8H2,1-2H3,(H2,14,16). The zero-order chi connectivity index (χ0) is 14.8. The quantitative estimate of drug-likeness (QED) is 0.720. The van der Waals surface area contributed by atoms with Gasteiger partial charge in [0.25, 0.3) is 0 Å². The summed E-state index contributed by atoms with van der Waals surface area (Å²) in [5.74, 6) is 0.853. The summed E-state index contributed by atoms with van der Waals surface area (Å²) in [5.41, 5.74) is 5.74. The predicted octanol–water partition coefficient (Wildman–Crippen LogP) is 2.90. The molecule has 0 amide bonds. The van der Waals surface area contributed by atoms with E-state index >= 15 is 0 Å². The maximum Gasteiger partial charge on any atom is 0.187 e. The van der Waals surface area contributed by atoms with Crippen molar-refractivity contribution in [1.29, 1.82) is 0 Å². The van der Waals surface area contributed by atoms with Crippen LogP contribution in [-0.4, -0.2) is 24.6 Å². The van der Waals surface area contributed by atoms with E-state index in [1.807, 2.05) is 0 Å². The van der Waals surface area contributed by atoms with E-state index in [1.54, 1.807) is 0 Å². The highest BCUT2D eigenvalue weighted by atomic mass is 32.2. The Morgan fingerprint density at radius 3 is 2.70 bits per heavy atom. The summed E-state index contributed by atoms with van der Waals surface area (Å²) in [6.45, 7) is 5.18. The molecule has 1 aromatic rings. The highest BCUT2D eigenvalue weighted by Gasteiger charge is 2.40. The van der Waals surface area contributed by atoms with Crippen molar-refractivity contribution in [3.63, 3.8) is 0 Å². The molecule has 1 saturated carbocycles. The predicted molar refractivity (Wildman–Crippen MR) is 83.9 cm³/mol. The molecule has 0 radical (unpaired) electrons. The molecule has 7 heteroatoms. The summed E-state index contributed by atoms with van der Waals surface area (Å²) in [7, 11) is -3.28. The van der Waals surface area contributed by atoms with Crippen molar-refractivity contribution in [3.05, 3.63) is 0 Å². The number of hydrogen-bond acceptors (Lipinski definition) is 6. The Bertz CT molecular complexity index is 548. The highest BCUT2D eigenvalue weighted by Crippen LogP contribution is 2.40. The zero-order valence-electron chi connectivity index (χ0n) is 12.1. The van der Waals surface area contributed by atoms with Gasteiger partial charge >= 0.3 is 0 Å². The van der Waals surface area contributed by atoms with Gasteiger partial charge in [-0.05, 0) is 36.7 Å². The van der Waals surface area contributed by atoms with Crippen LogP contribution < -0.4 is 11.1 Å². The normalized spacial score (nSPS) is 15.8. The minimum atomic E-state index is -3.28. The third kappa shape index (κ3) is 3.63. The summed E-state index contributed by atoms with van der Waals surface area (Å²) in [6.07, 6.45) is 4.85. The molecule has 1 heterocycles. The molecule has 2 rings (SSSR count). The number of hydrogen-bond donors (Lipinski definition) is 2. The Balaban J connectivity index is 1.96. The molecule has 1 aliphatic rings. The van der Waals surface area contributed by atoms with E-state index in [4.69, 9.17) is 5.73 Å². The number of rotatable bonds is 8. The van der Waals surface area contributed by atoms with E-state index < -0.39 is 9.84 Å². The summed E-state index contributed by atoms with van der Waals surface area (Å²) in [5, 5.41) is 3.56. The van der Waals surface area contributed by atoms with Crippen molar-refractivity contribution < 1.29 is 8.42 Å². The Morgan fingerprint density at radius 2 is 2.10 bits per heavy atom. The smallest absolute Gasteiger partial charge is 0.187 e. The third-order valence-corrected chi connectivity index (χ3v) is 6.70. The zero-order valence-corrected chi connectivity index (χ0v) is 13.7. The summed E-state index contributed by atoms with van der Waals surface area (Å²) < 4.78 is 28.6. The van der Waals surface area contributed by atoms with Gasteiger partial charge in [-0.1, -0.05) is 26.7 Å². The second-order valence-corrected chi connectivity index (χ2v) is 8.73. The van der Waals surface area contributed by atoms with Gasteiger partial charge in [-0.25, -0.2) is 8.42 Å². The van der Waals surface area contributed by atoms with E-state index in [1.165, 1.54) is 6.42 Å². The lowest BCUT2D eigenvalue weighted by molar-refractivity contribution is 0.545. The molecule has 0 bridgehead atoms. The average molecular weight is 317 g/mol. The second-order valence-electron chi connectivity index (χ2n) is 5.79. The number of nitrogen functional groups attached to an aromatic ring is 1. The molecule has 1 fully saturated rings. The van der Waals surface area contributed by atoms with E-state index in [-0.39, 0.29) is 16.0 Å². The minimum absolute atomic E-state index is 0.145. The van der Waals surface area contributed by atoms with E-state index in [2.05, 4.69) is 23.5 Å². The summed E-state index contributed by atoms with van der Waals surface area (Å²) in [4.78, 5) is 0.230. The third-order valence-electron chi connectivity index (χ3n) is 3.42. The van der Waals surface area contributed by atoms with Crippen LogP contribution in [0.25, 0.3) is 0 Å². The topological polar surface area (TPSA) is 85.1 Å². The van der Waals surface area contributed by atoms with Crippen molar-refractivity contribution in [1.82, 2.24) is 4.37 Å². The van der Waals surface area contributed by atoms with Crippen LogP contribution in [0.2, 0.25) is 0 Å². The molecule has 1 aliphatic carbocycles. The highest BCUT2D eigenvalue weighted by molar-refractivity contribution is 7.92. The Kier molecular flexibility index (Phi) is 4.90. The fourth-order valence-electron chi connectivity index (χ4n) is 2.11. The largest absolute Gasteiger partial charge is 0.382 e. The van der Waals surface area contributed by atoms with E-state index in [0.717, 1.165) is 43.8 Å². The number of anilines is 2. The first-order valence-electron chi connectivity index (χ1n) is 7.16. The van der Waals surface area contributed by atoms with Gasteiger partial charge in [0.1, 0.15) is 9.90 Å². The lowest BCUT2D eigenvalue weighted by Crippen LogP contribution is -2.12. The first-order valence-corrected chi connectivity index (χ1v) is 9.47. The van der Waals surface area contributed by atoms with Crippen LogP contribution in [-0.2, 0) is 9.84 Å². The summed E-state index contributed by atoms with van der Waals surface area (Å²) >= 11 is 1.15. The van der Waals surface area contributed by atoms with Gasteiger partial charge in [-0.15, -0.1) is 0 Å². The van der Waals surface area contributed by atoms with Gasteiger partial charge < -0.3 is 11.1 Å². The molecule has 114 valence electrons. The SMILES string of the molecule is CC(C)CCCCNc1snc(N)c1S(=O)(=O)C1CC1. The van der Waals surface area contributed by atoms with Gasteiger partial charge in [0.05, 0.1) is 5.25 Å². The Labute approximate surface area is 125 Å². The molecular weight excluding hydrogens is 294 g/mol. The van der Waals surface area contributed by atoms with Gasteiger partial charge in [0.15, 0.2) is 15.7 Å². The van der Waals surface area contributed by atoms with E-state index in [0.29, 0.717) is 10.9 Å². The number of nitrogens with two attached hydrogens (primary N) is 1. The Hall–Kier alpha value is -0.820.